The number of pyridine rings is 1. The van der Waals surface area contributed by atoms with Crippen LogP contribution in [0.2, 0.25) is 0 Å². The van der Waals surface area contributed by atoms with Crippen molar-refractivity contribution in [1.29, 1.82) is 0 Å². The van der Waals surface area contributed by atoms with Crippen molar-refractivity contribution in [2.75, 3.05) is 23.3 Å². The summed E-state index contributed by atoms with van der Waals surface area (Å²) < 4.78 is 26.7. The van der Waals surface area contributed by atoms with Crippen LogP contribution in [0.1, 0.15) is 12.8 Å². The number of amides is 1. The van der Waals surface area contributed by atoms with Gasteiger partial charge in [0, 0.05) is 43.0 Å². The van der Waals surface area contributed by atoms with E-state index in [-0.39, 0.29) is 17.5 Å². The van der Waals surface area contributed by atoms with Crippen LogP contribution in [0.3, 0.4) is 0 Å². The Kier molecular flexibility index (Phi) is 5.41. The molecule has 0 spiro atoms. The normalized spacial score (nSPS) is 14.6. The van der Waals surface area contributed by atoms with E-state index in [1.165, 1.54) is 6.07 Å². The van der Waals surface area contributed by atoms with Crippen LogP contribution in [0.25, 0.3) is 11.3 Å². The van der Waals surface area contributed by atoms with Crippen LogP contribution in [0.4, 0.5) is 20.3 Å². The summed E-state index contributed by atoms with van der Waals surface area (Å²) in [5, 5.41) is 11.1. The summed E-state index contributed by atoms with van der Waals surface area (Å²) in [4.78, 5) is 18.6. The van der Waals surface area contributed by atoms with Crippen LogP contribution in [-0.4, -0.2) is 34.2 Å². The first-order chi connectivity index (χ1) is 14.1. The minimum atomic E-state index is -0.778. The van der Waals surface area contributed by atoms with Gasteiger partial charge in [-0.05, 0) is 49.2 Å². The first-order valence-electron chi connectivity index (χ1n) is 9.35. The highest BCUT2D eigenvalue weighted by atomic mass is 19.1. The van der Waals surface area contributed by atoms with Crippen LogP contribution in [0.15, 0.2) is 54.9 Å². The Morgan fingerprint density at radius 1 is 1.07 bits per heavy atom. The van der Waals surface area contributed by atoms with E-state index in [0.29, 0.717) is 25.9 Å². The molecule has 6 nitrogen and oxygen atoms in total. The fourth-order valence-corrected chi connectivity index (χ4v) is 3.36. The zero-order valence-corrected chi connectivity index (χ0v) is 15.6. The van der Waals surface area contributed by atoms with Crippen LogP contribution in [0.5, 0.6) is 0 Å². The summed E-state index contributed by atoms with van der Waals surface area (Å²) in [6, 6.07) is 10.7. The molecule has 1 N–H and O–H groups in total. The molecule has 1 fully saturated rings. The zero-order valence-electron chi connectivity index (χ0n) is 15.6. The lowest BCUT2D eigenvalue weighted by Crippen LogP contribution is -2.38. The maximum atomic E-state index is 13.7. The number of rotatable bonds is 4. The smallest absolute Gasteiger partial charge is 0.227 e. The van der Waals surface area contributed by atoms with Crippen molar-refractivity contribution in [3.05, 3.63) is 66.5 Å². The molecule has 1 aliphatic rings. The minimum absolute atomic E-state index is 0.00399. The topological polar surface area (TPSA) is 71.0 Å². The van der Waals surface area contributed by atoms with E-state index in [1.807, 2.05) is 24.3 Å². The molecule has 2 aromatic heterocycles. The molecule has 0 bridgehead atoms. The first-order valence-corrected chi connectivity index (χ1v) is 9.35. The Morgan fingerprint density at radius 2 is 1.90 bits per heavy atom. The number of nitrogens with zero attached hydrogens (tertiary/aromatic N) is 4. The Balaban J connectivity index is 1.35. The number of anilines is 2. The van der Waals surface area contributed by atoms with Crippen molar-refractivity contribution in [3.63, 3.8) is 0 Å². The Morgan fingerprint density at radius 3 is 2.55 bits per heavy atom. The monoisotopic (exact) mass is 395 g/mol. The van der Waals surface area contributed by atoms with Gasteiger partial charge in [0.1, 0.15) is 11.6 Å². The number of carbonyl (C=O) groups is 1. The fourth-order valence-electron chi connectivity index (χ4n) is 3.36. The van der Waals surface area contributed by atoms with E-state index in [2.05, 4.69) is 25.4 Å². The molecule has 4 rings (SSSR count). The number of carbonyl (C=O) groups excluding carboxylic acids is 1. The molecule has 3 heterocycles. The third-order valence-electron chi connectivity index (χ3n) is 4.99. The molecular formula is C21H19F2N5O. The largest absolute Gasteiger partial charge is 0.355 e. The van der Waals surface area contributed by atoms with Crippen molar-refractivity contribution in [2.45, 2.75) is 12.8 Å². The molecule has 8 heteroatoms. The molecule has 0 saturated carbocycles. The third-order valence-corrected chi connectivity index (χ3v) is 4.99. The summed E-state index contributed by atoms with van der Waals surface area (Å²) in [5.41, 5.74) is 1.64. The fraction of sp³-hybridized carbons (Fsp3) is 0.238. The second-order valence-corrected chi connectivity index (χ2v) is 6.89. The van der Waals surface area contributed by atoms with Gasteiger partial charge in [0.05, 0.1) is 11.4 Å². The highest BCUT2D eigenvalue weighted by Crippen LogP contribution is 2.25. The lowest BCUT2D eigenvalue weighted by Gasteiger charge is -2.31. The number of aromatic nitrogens is 3. The van der Waals surface area contributed by atoms with Gasteiger partial charge in [-0.1, -0.05) is 0 Å². The average Bonchev–Trinajstić information content (AvgIpc) is 2.76. The number of benzene rings is 1. The number of piperidine rings is 1. The lowest BCUT2D eigenvalue weighted by molar-refractivity contribution is -0.120. The van der Waals surface area contributed by atoms with Crippen molar-refractivity contribution in [3.8, 4) is 11.3 Å². The van der Waals surface area contributed by atoms with E-state index in [4.69, 9.17) is 0 Å². The highest BCUT2D eigenvalue weighted by molar-refractivity contribution is 5.92. The number of halogens is 2. The van der Waals surface area contributed by atoms with Crippen molar-refractivity contribution in [2.24, 2.45) is 5.92 Å². The predicted molar refractivity (Wildman–Crippen MR) is 105 cm³/mol. The van der Waals surface area contributed by atoms with E-state index >= 15 is 0 Å². The maximum absolute atomic E-state index is 13.7. The molecule has 1 amide bonds. The molecule has 0 aliphatic carbocycles. The van der Waals surface area contributed by atoms with Gasteiger partial charge in [-0.3, -0.25) is 9.78 Å². The van der Waals surface area contributed by atoms with Gasteiger partial charge in [0.2, 0.25) is 5.91 Å². The van der Waals surface area contributed by atoms with Crippen molar-refractivity contribution in [1.82, 2.24) is 15.2 Å². The number of hydrogen-bond acceptors (Lipinski definition) is 5. The molecule has 0 unspecified atom stereocenters. The van der Waals surface area contributed by atoms with Gasteiger partial charge < -0.3 is 10.2 Å². The number of nitrogens with one attached hydrogen (secondary N) is 1. The molecule has 0 atom stereocenters. The summed E-state index contributed by atoms with van der Waals surface area (Å²) >= 11 is 0. The SMILES string of the molecule is O=C(Nc1ccc(F)cc1F)C1CCN(c2ccc(-c3cccnc3)nn2)CC1. The van der Waals surface area contributed by atoms with Crippen molar-refractivity contribution >= 4 is 17.4 Å². The molecule has 1 saturated heterocycles. The Hall–Kier alpha value is -3.42. The molecule has 0 radical (unpaired) electrons. The predicted octanol–water partition coefficient (Wildman–Crippen LogP) is 3.67. The second-order valence-electron chi connectivity index (χ2n) is 6.89. The maximum Gasteiger partial charge on any atom is 0.227 e. The molecule has 1 aliphatic heterocycles. The highest BCUT2D eigenvalue weighted by Gasteiger charge is 2.26. The van der Waals surface area contributed by atoms with E-state index in [1.54, 1.807) is 12.4 Å². The molecular weight excluding hydrogens is 376 g/mol. The summed E-state index contributed by atoms with van der Waals surface area (Å²) in [5.74, 6) is -1.20. The van der Waals surface area contributed by atoms with Gasteiger partial charge in [0.25, 0.3) is 0 Å². The van der Waals surface area contributed by atoms with Gasteiger partial charge in [-0.25, -0.2) is 8.78 Å². The zero-order chi connectivity index (χ0) is 20.2. The summed E-state index contributed by atoms with van der Waals surface area (Å²) in [6.45, 7) is 1.29. The second kappa shape index (κ2) is 8.30. The van der Waals surface area contributed by atoms with E-state index in [0.717, 1.165) is 29.2 Å². The number of hydrogen-bond donors (Lipinski definition) is 1. The summed E-state index contributed by atoms with van der Waals surface area (Å²) in [7, 11) is 0. The van der Waals surface area contributed by atoms with Gasteiger partial charge in [0.15, 0.2) is 5.82 Å². The summed E-state index contributed by atoms with van der Waals surface area (Å²) in [6.07, 6.45) is 4.66. The Labute approximate surface area is 166 Å². The minimum Gasteiger partial charge on any atom is -0.355 e. The van der Waals surface area contributed by atoms with Crippen LogP contribution in [-0.2, 0) is 4.79 Å². The first kappa shape index (κ1) is 18.9. The third kappa shape index (κ3) is 4.37. The van der Waals surface area contributed by atoms with Crippen LogP contribution >= 0.6 is 0 Å². The molecule has 3 aromatic rings. The molecule has 29 heavy (non-hydrogen) atoms. The molecule has 1 aromatic carbocycles. The van der Waals surface area contributed by atoms with Crippen LogP contribution in [0, 0.1) is 17.6 Å². The van der Waals surface area contributed by atoms with Gasteiger partial charge >= 0.3 is 0 Å². The van der Waals surface area contributed by atoms with E-state index in [9.17, 15) is 13.6 Å². The van der Waals surface area contributed by atoms with E-state index < -0.39 is 11.6 Å². The lowest BCUT2D eigenvalue weighted by atomic mass is 9.95. The van der Waals surface area contributed by atoms with Crippen molar-refractivity contribution < 1.29 is 13.6 Å². The quantitative estimate of drug-likeness (QED) is 0.730. The van der Waals surface area contributed by atoms with Crippen LogP contribution < -0.4 is 10.2 Å². The molecule has 148 valence electrons. The van der Waals surface area contributed by atoms with Gasteiger partial charge in [-0.2, -0.15) is 0 Å². The Bertz CT molecular complexity index is 990. The average molecular weight is 395 g/mol. The standard InChI is InChI=1S/C21H19F2N5O/c22-16-3-4-19(17(23)12-16)25-21(29)14-7-10-28(11-8-14)20-6-5-18(26-27-20)15-2-1-9-24-13-15/h1-6,9,12-14H,7-8,10-11H2,(H,25,29). The van der Waals surface area contributed by atoms with Gasteiger partial charge in [-0.15, -0.1) is 10.2 Å².